The summed E-state index contributed by atoms with van der Waals surface area (Å²) in [6.45, 7) is 3.92. The second kappa shape index (κ2) is 5.13. The molecule has 0 aliphatic carbocycles. The third kappa shape index (κ3) is 3.34. The van der Waals surface area contributed by atoms with Crippen LogP contribution in [-0.2, 0) is 5.54 Å². The summed E-state index contributed by atoms with van der Waals surface area (Å²) < 4.78 is 5.70. The molecule has 0 spiro atoms. The molecular weight excluding hydrogens is 236 g/mol. The summed E-state index contributed by atoms with van der Waals surface area (Å²) in [5.41, 5.74) is 7.34. The Morgan fingerprint density at radius 1 is 0.947 bits per heavy atom. The van der Waals surface area contributed by atoms with Crippen LogP contribution in [0.3, 0.4) is 0 Å². The molecule has 0 saturated heterocycles. The highest BCUT2D eigenvalue weighted by Crippen LogP contribution is 2.24. The van der Waals surface area contributed by atoms with Gasteiger partial charge < -0.3 is 10.5 Å². The number of nitrogens with two attached hydrogens (primary N) is 1. The molecule has 0 aliphatic rings. The van der Waals surface area contributed by atoms with Crippen LogP contribution >= 0.6 is 0 Å². The van der Waals surface area contributed by atoms with Crippen LogP contribution in [0.15, 0.2) is 48.5 Å². The molecule has 0 fully saturated rings. The molecule has 3 nitrogen and oxygen atoms in total. The Balaban J connectivity index is 2.13. The Hall–Kier alpha value is -2.31. The Morgan fingerprint density at radius 3 is 1.84 bits per heavy atom. The van der Waals surface area contributed by atoms with Crippen LogP contribution in [0.25, 0.3) is 0 Å². The standard InChI is InChI=1S/C16H16N2O/c1-16(2,18)13-5-9-15(10-6-13)19-14-7-3-12(11-17)4-8-14/h3-10H,18H2,1-2H3. The topological polar surface area (TPSA) is 59.0 Å². The van der Waals surface area contributed by atoms with Gasteiger partial charge in [0.15, 0.2) is 0 Å². The number of rotatable bonds is 3. The number of benzene rings is 2. The lowest BCUT2D eigenvalue weighted by molar-refractivity contribution is 0.481. The highest BCUT2D eigenvalue weighted by atomic mass is 16.5. The Morgan fingerprint density at radius 2 is 1.42 bits per heavy atom. The van der Waals surface area contributed by atoms with E-state index in [1.165, 1.54) is 0 Å². The summed E-state index contributed by atoms with van der Waals surface area (Å²) in [5, 5.41) is 8.72. The monoisotopic (exact) mass is 252 g/mol. The lowest BCUT2D eigenvalue weighted by Crippen LogP contribution is -2.28. The van der Waals surface area contributed by atoms with Crippen LogP contribution in [0, 0.1) is 11.3 Å². The molecule has 3 heteroatoms. The van der Waals surface area contributed by atoms with E-state index in [0.717, 1.165) is 11.3 Å². The third-order valence-corrected chi connectivity index (χ3v) is 2.82. The van der Waals surface area contributed by atoms with Crippen molar-refractivity contribution in [1.29, 1.82) is 5.26 Å². The van der Waals surface area contributed by atoms with Gasteiger partial charge >= 0.3 is 0 Å². The predicted molar refractivity (Wildman–Crippen MR) is 74.9 cm³/mol. The molecular formula is C16H16N2O. The van der Waals surface area contributed by atoms with E-state index in [-0.39, 0.29) is 5.54 Å². The quantitative estimate of drug-likeness (QED) is 0.908. The molecule has 0 heterocycles. The number of nitriles is 1. The third-order valence-electron chi connectivity index (χ3n) is 2.82. The highest BCUT2D eigenvalue weighted by Gasteiger charge is 2.13. The zero-order chi connectivity index (χ0) is 13.9. The molecule has 0 aromatic heterocycles. The van der Waals surface area contributed by atoms with Gasteiger partial charge in [-0.05, 0) is 55.8 Å². The molecule has 2 aromatic rings. The van der Waals surface area contributed by atoms with Gasteiger partial charge in [-0.1, -0.05) is 12.1 Å². The SMILES string of the molecule is CC(C)(N)c1ccc(Oc2ccc(C#N)cc2)cc1. The van der Waals surface area contributed by atoms with E-state index in [2.05, 4.69) is 6.07 Å². The fourth-order valence-corrected chi connectivity index (χ4v) is 1.69. The second-order valence-electron chi connectivity index (χ2n) is 4.98. The maximum atomic E-state index is 8.72. The van der Waals surface area contributed by atoms with E-state index in [1.54, 1.807) is 24.3 Å². The molecule has 0 radical (unpaired) electrons. The minimum atomic E-state index is -0.354. The van der Waals surface area contributed by atoms with Crippen LogP contribution in [0.5, 0.6) is 11.5 Å². The van der Waals surface area contributed by atoms with Gasteiger partial charge in [-0.3, -0.25) is 0 Å². The molecule has 2 N–H and O–H groups in total. The average molecular weight is 252 g/mol. The van der Waals surface area contributed by atoms with E-state index >= 15 is 0 Å². The van der Waals surface area contributed by atoms with Crippen LogP contribution in [0.2, 0.25) is 0 Å². The van der Waals surface area contributed by atoms with Crippen molar-refractivity contribution in [2.45, 2.75) is 19.4 Å². The largest absolute Gasteiger partial charge is 0.457 e. The first-order valence-corrected chi connectivity index (χ1v) is 6.06. The van der Waals surface area contributed by atoms with Gasteiger partial charge in [-0.15, -0.1) is 0 Å². The summed E-state index contributed by atoms with van der Waals surface area (Å²) in [5.74, 6) is 1.46. The summed E-state index contributed by atoms with van der Waals surface area (Å²) in [7, 11) is 0. The van der Waals surface area contributed by atoms with Crippen molar-refractivity contribution in [2.24, 2.45) is 5.73 Å². The smallest absolute Gasteiger partial charge is 0.127 e. The van der Waals surface area contributed by atoms with E-state index in [0.29, 0.717) is 11.3 Å². The maximum absolute atomic E-state index is 8.72. The first kappa shape index (κ1) is 13.1. The lowest BCUT2D eigenvalue weighted by Gasteiger charge is -2.19. The maximum Gasteiger partial charge on any atom is 0.127 e. The number of ether oxygens (including phenoxy) is 1. The van der Waals surface area contributed by atoms with E-state index < -0.39 is 0 Å². The zero-order valence-corrected chi connectivity index (χ0v) is 11.1. The van der Waals surface area contributed by atoms with Gasteiger partial charge in [0.25, 0.3) is 0 Å². The normalized spacial score (nSPS) is 10.8. The predicted octanol–water partition coefficient (Wildman–Crippen LogP) is 3.54. The summed E-state index contributed by atoms with van der Waals surface area (Å²) in [4.78, 5) is 0. The molecule has 0 saturated carbocycles. The average Bonchev–Trinajstić information content (AvgIpc) is 2.39. The Kier molecular flexibility index (Phi) is 3.55. The number of hydrogen-bond donors (Lipinski definition) is 1. The van der Waals surface area contributed by atoms with E-state index in [1.807, 2.05) is 38.1 Å². The molecule has 2 rings (SSSR count). The van der Waals surface area contributed by atoms with E-state index in [9.17, 15) is 0 Å². The van der Waals surface area contributed by atoms with Crippen molar-refractivity contribution in [3.63, 3.8) is 0 Å². The van der Waals surface area contributed by atoms with Crippen molar-refractivity contribution in [3.05, 3.63) is 59.7 Å². The van der Waals surface area contributed by atoms with Crippen LogP contribution < -0.4 is 10.5 Å². The van der Waals surface area contributed by atoms with Crippen LogP contribution in [0.4, 0.5) is 0 Å². The summed E-state index contributed by atoms with van der Waals surface area (Å²) in [6.07, 6.45) is 0. The number of hydrogen-bond acceptors (Lipinski definition) is 3. The van der Waals surface area contributed by atoms with Gasteiger partial charge in [-0.2, -0.15) is 5.26 Å². The van der Waals surface area contributed by atoms with Crippen molar-refractivity contribution in [3.8, 4) is 17.6 Å². The summed E-state index contributed by atoms with van der Waals surface area (Å²) in [6, 6.07) is 16.8. The molecule has 96 valence electrons. The molecule has 0 amide bonds. The Labute approximate surface area is 113 Å². The van der Waals surface area contributed by atoms with Crippen molar-refractivity contribution in [2.75, 3.05) is 0 Å². The minimum Gasteiger partial charge on any atom is -0.457 e. The van der Waals surface area contributed by atoms with Crippen LogP contribution in [-0.4, -0.2) is 0 Å². The van der Waals surface area contributed by atoms with Gasteiger partial charge in [-0.25, -0.2) is 0 Å². The molecule has 0 aliphatic heterocycles. The van der Waals surface area contributed by atoms with Gasteiger partial charge in [0.2, 0.25) is 0 Å². The van der Waals surface area contributed by atoms with Gasteiger partial charge in [0.1, 0.15) is 11.5 Å². The Bertz CT molecular complexity index is 587. The number of nitrogens with zero attached hydrogens (tertiary/aromatic N) is 1. The lowest BCUT2D eigenvalue weighted by atomic mass is 9.96. The minimum absolute atomic E-state index is 0.354. The van der Waals surface area contributed by atoms with E-state index in [4.69, 9.17) is 15.7 Å². The van der Waals surface area contributed by atoms with Gasteiger partial charge in [0.05, 0.1) is 11.6 Å². The first-order valence-electron chi connectivity index (χ1n) is 6.06. The van der Waals surface area contributed by atoms with Crippen LogP contribution in [0.1, 0.15) is 25.0 Å². The second-order valence-corrected chi connectivity index (χ2v) is 4.98. The zero-order valence-electron chi connectivity index (χ0n) is 11.1. The fraction of sp³-hybridized carbons (Fsp3) is 0.188. The van der Waals surface area contributed by atoms with Crippen molar-refractivity contribution < 1.29 is 4.74 Å². The van der Waals surface area contributed by atoms with Crippen molar-refractivity contribution in [1.82, 2.24) is 0 Å². The molecule has 0 bridgehead atoms. The van der Waals surface area contributed by atoms with Gasteiger partial charge in [0, 0.05) is 5.54 Å². The molecule has 0 unspecified atom stereocenters. The molecule has 19 heavy (non-hydrogen) atoms. The molecule has 0 atom stereocenters. The summed E-state index contributed by atoms with van der Waals surface area (Å²) >= 11 is 0. The molecule has 2 aromatic carbocycles. The first-order chi connectivity index (χ1) is 8.99. The van der Waals surface area contributed by atoms with Crippen molar-refractivity contribution >= 4 is 0 Å². The fourth-order valence-electron chi connectivity index (χ4n) is 1.69. The highest BCUT2D eigenvalue weighted by molar-refractivity contribution is 5.38.